The van der Waals surface area contributed by atoms with Gasteiger partial charge >= 0.3 is 17.9 Å². The normalized spacial score (nSPS) is 12.2. The van der Waals surface area contributed by atoms with Crippen LogP contribution in [0.5, 0.6) is 0 Å². The Hall–Kier alpha value is -2.19. The molecule has 368 valence electrons. The van der Waals surface area contributed by atoms with Crippen molar-refractivity contribution in [2.75, 3.05) is 0 Å². The molecule has 0 aliphatic carbocycles. The Labute approximate surface area is 383 Å². The summed E-state index contributed by atoms with van der Waals surface area (Å²) >= 11 is 0. The topological polar surface area (TPSA) is 152 Å². The lowest BCUT2D eigenvalue weighted by Crippen LogP contribution is -2.18. The van der Waals surface area contributed by atoms with Crippen LogP contribution in [0.2, 0.25) is 0 Å². The third-order valence-electron chi connectivity index (χ3n) is 11.5. The fraction of sp³-hybridized carbons (Fsp3) is 0.870. The predicted octanol–water partition coefficient (Wildman–Crippen LogP) is 16.5. The number of hydrogen-bond donors (Lipinski definition) is 5. The standard InChI is InChI=1S/C18H34O3.C18H36O3.C18H34O2/c1-2-3-4-11-14-17(19)15-12-9-7-5-6-8-10-13-16-18(20)21;1-2-3-4-5-6-7-8-9-10-11-12-13-14-15-16-17(19)18(20)21;1-2-3-4-5-6-7-8-9-10-11-12-13-14-15-16-17-18(19)20/h9,12,17,19H,2-8,10-11,13-16H2,1H3,(H,20,21);17,19H,2-16H2,1H3,(H,20,21);9-10H,2-8,11-17H2,1H3,(H,19,20)/b12-9-;;10-9-. The van der Waals surface area contributed by atoms with Crippen LogP contribution < -0.4 is 0 Å². The van der Waals surface area contributed by atoms with E-state index in [9.17, 15) is 19.5 Å². The van der Waals surface area contributed by atoms with Gasteiger partial charge in [0.15, 0.2) is 6.10 Å². The van der Waals surface area contributed by atoms with Gasteiger partial charge in [-0.1, -0.05) is 231 Å². The lowest BCUT2D eigenvalue weighted by molar-refractivity contribution is -0.147. The summed E-state index contributed by atoms with van der Waals surface area (Å²) in [4.78, 5) is 31.1. The molecule has 0 aromatic rings. The quantitative estimate of drug-likeness (QED) is 0.0299. The third-order valence-corrected chi connectivity index (χ3v) is 11.5. The zero-order valence-corrected chi connectivity index (χ0v) is 41.1. The molecule has 0 rings (SSSR count). The van der Waals surface area contributed by atoms with E-state index in [0.717, 1.165) is 77.0 Å². The second-order valence-electron chi connectivity index (χ2n) is 17.9. The highest BCUT2D eigenvalue weighted by Crippen LogP contribution is 2.15. The highest BCUT2D eigenvalue weighted by Gasteiger charge is 2.11. The fourth-order valence-electron chi connectivity index (χ4n) is 7.37. The van der Waals surface area contributed by atoms with Crippen molar-refractivity contribution in [3.05, 3.63) is 24.3 Å². The monoisotopic (exact) mass is 881 g/mol. The van der Waals surface area contributed by atoms with Gasteiger partial charge in [-0.3, -0.25) is 9.59 Å². The van der Waals surface area contributed by atoms with Crippen molar-refractivity contribution < 1.29 is 39.9 Å². The summed E-state index contributed by atoms with van der Waals surface area (Å²) in [6, 6.07) is 0. The lowest BCUT2D eigenvalue weighted by Gasteiger charge is -2.07. The molecule has 0 aliphatic heterocycles. The highest BCUT2D eigenvalue weighted by molar-refractivity contribution is 5.71. The molecule has 0 bridgehead atoms. The highest BCUT2D eigenvalue weighted by atomic mass is 16.4. The van der Waals surface area contributed by atoms with E-state index in [1.807, 2.05) is 0 Å². The van der Waals surface area contributed by atoms with E-state index in [1.54, 1.807) is 0 Å². The third kappa shape index (κ3) is 64.4. The molecule has 8 nitrogen and oxygen atoms in total. The van der Waals surface area contributed by atoms with E-state index < -0.39 is 24.0 Å². The maximum atomic E-state index is 10.4. The molecule has 0 aromatic carbocycles. The molecule has 2 unspecified atom stereocenters. The Morgan fingerprint density at radius 1 is 0.355 bits per heavy atom. The van der Waals surface area contributed by atoms with E-state index in [1.165, 1.54) is 173 Å². The van der Waals surface area contributed by atoms with Crippen LogP contribution >= 0.6 is 0 Å². The summed E-state index contributed by atoms with van der Waals surface area (Å²) < 4.78 is 0. The summed E-state index contributed by atoms with van der Waals surface area (Å²) in [5.74, 6) is -2.45. The largest absolute Gasteiger partial charge is 0.481 e. The van der Waals surface area contributed by atoms with E-state index >= 15 is 0 Å². The van der Waals surface area contributed by atoms with Crippen molar-refractivity contribution in [3.8, 4) is 0 Å². The summed E-state index contributed by atoms with van der Waals surface area (Å²) in [7, 11) is 0. The van der Waals surface area contributed by atoms with Crippen LogP contribution in [0.15, 0.2) is 24.3 Å². The first-order valence-corrected chi connectivity index (χ1v) is 26.4. The van der Waals surface area contributed by atoms with Crippen molar-refractivity contribution in [1.82, 2.24) is 0 Å². The van der Waals surface area contributed by atoms with Crippen LogP contribution in [0.1, 0.15) is 290 Å². The number of aliphatic hydroxyl groups excluding tert-OH is 2. The first kappa shape index (κ1) is 64.1. The number of allylic oxidation sites excluding steroid dienone is 3. The van der Waals surface area contributed by atoms with Crippen LogP contribution in [0.3, 0.4) is 0 Å². The molecule has 0 fully saturated rings. The van der Waals surface area contributed by atoms with Crippen molar-refractivity contribution in [2.24, 2.45) is 0 Å². The van der Waals surface area contributed by atoms with Crippen molar-refractivity contribution in [3.63, 3.8) is 0 Å². The Bertz CT molecular complexity index is 964. The van der Waals surface area contributed by atoms with Gasteiger partial charge in [0.05, 0.1) is 6.10 Å². The van der Waals surface area contributed by atoms with Gasteiger partial charge in [0.1, 0.15) is 0 Å². The van der Waals surface area contributed by atoms with E-state index in [2.05, 4.69) is 45.1 Å². The summed E-state index contributed by atoms with van der Waals surface area (Å²) in [5.41, 5.74) is 0. The molecule has 0 saturated heterocycles. The number of hydrogen-bond acceptors (Lipinski definition) is 5. The number of aliphatic carboxylic acids is 3. The molecular weight excluding hydrogens is 777 g/mol. The Balaban J connectivity index is -0.000000843. The lowest BCUT2D eigenvalue weighted by atomic mass is 10.0. The first-order chi connectivity index (χ1) is 30.1. The zero-order chi connectivity index (χ0) is 46.4. The number of unbranched alkanes of at least 4 members (excludes halogenated alkanes) is 32. The summed E-state index contributed by atoms with van der Waals surface area (Å²) in [5, 5.41) is 44.5. The molecule has 0 amide bonds. The minimum atomic E-state index is -1.16. The van der Waals surface area contributed by atoms with Crippen molar-refractivity contribution in [2.45, 2.75) is 303 Å². The maximum absolute atomic E-state index is 10.4. The van der Waals surface area contributed by atoms with Gasteiger partial charge in [-0.25, -0.2) is 4.79 Å². The van der Waals surface area contributed by atoms with E-state index in [4.69, 9.17) is 20.4 Å². The first-order valence-electron chi connectivity index (χ1n) is 26.4. The number of rotatable bonds is 46. The second-order valence-corrected chi connectivity index (χ2v) is 17.9. The van der Waals surface area contributed by atoms with Gasteiger partial charge < -0.3 is 25.5 Å². The molecule has 5 N–H and O–H groups in total. The van der Waals surface area contributed by atoms with Gasteiger partial charge in [0.2, 0.25) is 0 Å². The van der Waals surface area contributed by atoms with Crippen LogP contribution in [-0.4, -0.2) is 55.6 Å². The van der Waals surface area contributed by atoms with Gasteiger partial charge in [0, 0.05) is 12.8 Å². The fourth-order valence-corrected chi connectivity index (χ4v) is 7.37. The molecule has 0 spiro atoms. The average molecular weight is 881 g/mol. The molecule has 0 heterocycles. The van der Waals surface area contributed by atoms with Gasteiger partial charge in [-0.05, 0) is 70.6 Å². The number of carboxylic acid groups (broad SMARTS) is 3. The molecule has 0 aromatic heterocycles. The van der Waals surface area contributed by atoms with Crippen LogP contribution in [0, 0.1) is 0 Å². The molecular formula is C54H104O8. The smallest absolute Gasteiger partial charge is 0.332 e. The van der Waals surface area contributed by atoms with Gasteiger partial charge in [-0.2, -0.15) is 0 Å². The zero-order valence-electron chi connectivity index (χ0n) is 41.1. The Kier molecular flexibility index (Phi) is 58.7. The second kappa shape index (κ2) is 56.8. The average Bonchev–Trinajstić information content (AvgIpc) is 3.24. The van der Waals surface area contributed by atoms with E-state index in [-0.39, 0.29) is 6.10 Å². The van der Waals surface area contributed by atoms with Crippen molar-refractivity contribution in [1.29, 1.82) is 0 Å². The predicted molar refractivity (Wildman–Crippen MR) is 264 cm³/mol. The molecule has 62 heavy (non-hydrogen) atoms. The maximum Gasteiger partial charge on any atom is 0.332 e. The Morgan fingerprint density at radius 3 is 0.968 bits per heavy atom. The molecule has 0 radical (unpaired) electrons. The Morgan fingerprint density at radius 2 is 0.629 bits per heavy atom. The van der Waals surface area contributed by atoms with Crippen LogP contribution in [-0.2, 0) is 14.4 Å². The van der Waals surface area contributed by atoms with Gasteiger partial charge in [0.25, 0.3) is 0 Å². The number of carboxylic acids is 3. The molecule has 0 aliphatic rings. The van der Waals surface area contributed by atoms with Crippen molar-refractivity contribution >= 4 is 17.9 Å². The van der Waals surface area contributed by atoms with E-state index in [0.29, 0.717) is 19.3 Å². The number of carbonyl (C=O) groups is 3. The van der Waals surface area contributed by atoms with Crippen LogP contribution in [0.25, 0.3) is 0 Å². The van der Waals surface area contributed by atoms with Gasteiger partial charge in [-0.15, -0.1) is 0 Å². The summed E-state index contributed by atoms with van der Waals surface area (Å²) in [6.45, 7) is 6.72. The molecule has 8 heteroatoms. The SMILES string of the molecule is CCCCCCC(O)C/C=C\CCCCCCCC(=O)O.CCCCCCCC/C=C\CCCCCCCC(=O)O.CCCCCCCCCCCCCCCCC(O)C(=O)O. The number of aliphatic hydroxyl groups is 2. The minimum absolute atomic E-state index is 0.172. The summed E-state index contributed by atoms with van der Waals surface area (Å²) in [6.07, 6.45) is 55.9. The van der Waals surface area contributed by atoms with Crippen LogP contribution in [0.4, 0.5) is 0 Å². The molecule has 2 atom stereocenters. The minimum Gasteiger partial charge on any atom is -0.481 e. The molecule has 0 saturated carbocycles.